The molecule has 2 atom stereocenters. The van der Waals surface area contributed by atoms with Gasteiger partial charge in [0.1, 0.15) is 0 Å². The number of hydrogen-bond acceptors (Lipinski definition) is 6. The monoisotopic (exact) mass is 466 g/mol. The molecule has 2 fully saturated rings. The van der Waals surface area contributed by atoms with Gasteiger partial charge in [-0.1, -0.05) is 18.2 Å². The summed E-state index contributed by atoms with van der Waals surface area (Å²) >= 11 is 0. The number of halogens is 2. The third-order valence-electron chi connectivity index (χ3n) is 6.88. The molecule has 5 rings (SSSR count). The predicted molar refractivity (Wildman–Crippen MR) is 127 cm³/mol. The van der Waals surface area contributed by atoms with Crippen molar-refractivity contribution >= 4 is 28.3 Å². The van der Waals surface area contributed by atoms with Gasteiger partial charge in [-0.3, -0.25) is 9.78 Å². The molecule has 3 aromatic rings. The maximum absolute atomic E-state index is 13.8. The number of pyridine rings is 1. The van der Waals surface area contributed by atoms with Crippen LogP contribution in [0.2, 0.25) is 0 Å². The van der Waals surface area contributed by atoms with E-state index in [2.05, 4.69) is 31.5 Å². The number of carbonyl (C=O) groups is 1. The van der Waals surface area contributed by atoms with Crippen LogP contribution in [0.25, 0.3) is 10.9 Å². The second kappa shape index (κ2) is 8.45. The first kappa shape index (κ1) is 22.4. The molecule has 9 heteroatoms. The van der Waals surface area contributed by atoms with Crippen molar-refractivity contribution in [3.05, 3.63) is 53.3 Å². The van der Waals surface area contributed by atoms with E-state index in [0.29, 0.717) is 12.2 Å². The Morgan fingerprint density at radius 3 is 2.82 bits per heavy atom. The molecule has 2 saturated heterocycles. The molecule has 2 aromatic heterocycles. The highest BCUT2D eigenvalue weighted by molar-refractivity contribution is 5.92. The van der Waals surface area contributed by atoms with E-state index in [1.165, 1.54) is 12.1 Å². The maximum atomic E-state index is 13.8. The van der Waals surface area contributed by atoms with Crippen LogP contribution < -0.4 is 10.2 Å². The summed E-state index contributed by atoms with van der Waals surface area (Å²) in [6.07, 6.45) is 3.37. The summed E-state index contributed by atoms with van der Waals surface area (Å²) in [7, 11) is 0. The van der Waals surface area contributed by atoms with Crippen LogP contribution >= 0.6 is 0 Å². The van der Waals surface area contributed by atoms with Crippen LogP contribution in [0.15, 0.2) is 36.5 Å². The van der Waals surface area contributed by atoms with Gasteiger partial charge < -0.3 is 15.1 Å². The van der Waals surface area contributed by atoms with Crippen molar-refractivity contribution in [3.63, 3.8) is 0 Å². The van der Waals surface area contributed by atoms with Crippen LogP contribution in [0.5, 0.6) is 0 Å². The van der Waals surface area contributed by atoms with E-state index < -0.39 is 5.92 Å². The molecule has 0 bridgehead atoms. The molecule has 0 aliphatic carbocycles. The smallest absolute Gasteiger partial charge is 0.270 e. The van der Waals surface area contributed by atoms with Crippen LogP contribution in [0, 0.1) is 6.92 Å². The highest BCUT2D eigenvalue weighted by atomic mass is 19.3. The zero-order valence-electron chi connectivity index (χ0n) is 19.6. The van der Waals surface area contributed by atoms with Gasteiger partial charge in [-0.05, 0) is 38.0 Å². The Labute approximate surface area is 197 Å². The first-order valence-electron chi connectivity index (χ1n) is 11.6. The van der Waals surface area contributed by atoms with E-state index in [4.69, 9.17) is 0 Å². The van der Waals surface area contributed by atoms with Gasteiger partial charge >= 0.3 is 0 Å². The lowest BCUT2D eigenvalue weighted by Crippen LogP contribution is -2.51. The van der Waals surface area contributed by atoms with Gasteiger partial charge in [-0.2, -0.15) is 5.10 Å². The van der Waals surface area contributed by atoms with Crippen LogP contribution in [0.1, 0.15) is 49.6 Å². The number of aromatic nitrogens is 3. The summed E-state index contributed by atoms with van der Waals surface area (Å²) in [5.74, 6) is -2.10. The Balaban J connectivity index is 1.44. The molecule has 0 spiro atoms. The molecular formula is C25H28F2N6O. The number of nitrogens with one attached hydrogen (secondary N) is 1. The Morgan fingerprint density at radius 1 is 1.21 bits per heavy atom. The normalized spacial score (nSPS) is 19.4. The van der Waals surface area contributed by atoms with Gasteiger partial charge in [0.25, 0.3) is 5.92 Å². The number of hydrogen-bond donors (Lipinski definition) is 1. The number of alkyl halides is 2. The number of anilines is 2. The van der Waals surface area contributed by atoms with Crippen molar-refractivity contribution in [1.29, 1.82) is 0 Å². The van der Waals surface area contributed by atoms with Crippen molar-refractivity contribution in [2.24, 2.45) is 0 Å². The second-order valence-electron chi connectivity index (χ2n) is 9.33. The van der Waals surface area contributed by atoms with Gasteiger partial charge in [0, 0.05) is 50.0 Å². The van der Waals surface area contributed by atoms with Crippen molar-refractivity contribution in [2.75, 3.05) is 29.9 Å². The van der Waals surface area contributed by atoms with Crippen LogP contribution in [-0.2, 0) is 10.7 Å². The van der Waals surface area contributed by atoms with Crippen molar-refractivity contribution in [1.82, 2.24) is 20.1 Å². The standard InChI is InChI=1S/C25H28F2N6O/c1-15(17-5-4-6-18(11-17)25(3,26)27)29-24-21-12-20(13-28-23(21)16(2)30-31-24)32-9-10-33-19(14-32)7-8-22(33)34/h4-6,11-13,15,19H,7-10,14H2,1-3H3,(H,29,31)/t15-,19-/m1/s1. The zero-order chi connectivity index (χ0) is 24.0. The van der Waals surface area contributed by atoms with E-state index in [1.54, 1.807) is 6.07 Å². The molecule has 178 valence electrons. The lowest BCUT2D eigenvalue weighted by molar-refractivity contribution is -0.129. The SMILES string of the molecule is Cc1nnc(N[C@H](C)c2cccc(C(C)(F)F)c2)c2cc(N3CCN4C(=O)CC[C@@H]4C3)cnc12. The second-order valence-corrected chi connectivity index (χ2v) is 9.33. The highest BCUT2D eigenvalue weighted by Crippen LogP contribution is 2.33. The number of piperazine rings is 1. The molecule has 1 N–H and O–H groups in total. The largest absolute Gasteiger partial charge is 0.366 e. The minimum Gasteiger partial charge on any atom is -0.366 e. The first-order valence-corrected chi connectivity index (χ1v) is 11.6. The highest BCUT2D eigenvalue weighted by Gasteiger charge is 2.35. The van der Waals surface area contributed by atoms with Crippen LogP contribution in [0.4, 0.5) is 20.3 Å². The molecule has 4 heterocycles. The molecule has 1 aromatic carbocycles. The average molecular weight is 467 g/mol. The number of aryl methyl sites for hydroxylation is 1. The minimum atomic E-state index is -2.90. The van der Waals surface area contributed by atoms with Crippen molar-refractivity contribution in [3.8, 4) is 0 Å². The average Bonchev–Trinajstić information content (AvgIpc) is 3.20. The van der Waals surface area contributed by atoms with E-state index in [-0.39, 0.29) is 23.6 Å². The maximum Gasteiger partial charge on any atom is 0.270 e. The van der Waals surface area contributed by atoms with Crippen molar-refractivity contribution in [2.45, 2.75) is 51.6 Å². The predicted octanol–water partition coefficient (Wildman–Crippen LogP) is 4.43. The van der Waals surface area contributed by atoms with Gasteiger partial charge in [0.2, 0.25) is 5.91 Å². The zero-order valence-corrected chi connectivity index (χ0v) is 19.6. The summed E-state index contributed by atoms with van der Waals surface area (Å²) in [5, 5.41) is 12.8. The van der Waals surface area contributed by atoms with Crippen LogP contribution in [-0.4, -0.2) is 51.7 Å². The molecule has 0 unspecified atom stereocenters. The topological polar surface area (TPSA) is 74.2 Å². The van der Waals surface area contributed by atoms with Gasteiger partial charge in [-0.15, -0.1) is 5.10 Å². The summed E-state index contributed by atoms with van der Waals surface area (Å²) in [5.41, 5.74) is 3.16. The first-order chi connectivity index (χ1) is 16.2. The summed E-state index contributed by atoms with van der Waals surface area (Å²) in [4.78, 5) is 21.0. The van der Waals surface area contributed by atoms with E-state index >= 15 is 0 Å². The Morgan fingerprint density at radius 2 is 2.03 bits per heavy atom. The Hall–Kier alpha value is -3.36. The summed E-state index contributed by atoms with van der Waals surface area (Å²) in [6, 6.07) is 8.46. The van der Waals surface area contributed by atoms with Crippen LogP contribution in [0.3, 0.4) is 0 Å². The Bertz CT molecular complexity index is 1240. The van der Waals surface area contributed by atoms with E-state index in [0.717, 1.165) is 60.8 Å². The molecule has 7 nitrogen and oxygen atoms in total. The molecule has 2 aliphatic rings. The van der Waals surface area contributed by atoms with Gasteiger partial charge in [0.15, 0.2) is 5.82 Å². The van der Waals surface area contributed by atoms with Crippen molar-refractivity contribution < 1.29 is 13.6 Å². The minimum absolute atomic E-state index is 0.0213. The van der Waals surface area contributed by atoms with E-state index in [9.17, 15) is 13.6 Å². The number of nitrogens with zero attached hydrogens (tertiary/aromatic N) is 5. The molecule has 0 radical (unpaired) electrons. The fourth-order valence-corrected chi connectivity index (χ4v) is 4.90. The lowest BCUT2D eigenvalue weighted by Gasteiger charge is -2.38. The number of benzene rings is 1. The number of rotatable bonds is 5. The fourth-order valence-electron chi connectivity index (χ4n) is 4.90. The van der Waals surface area contributed by atoms with Gasteiger partial charge in [0.05, 0.1) is 29.1 Å². The summed E-state index contributed by atoms with van der Waals surface area (Å²) in [6.45, 7) is 6.93. The fraction of sp³-hybridized carbons (Fsp3) is 0.440. The Kier molecular flexibility index (Phi) is 5.58. The molecule has 34 heavy (non-hydrogen) atoms. The molecule has 0 saturated carbocycles. The molecular weight excluding hydrogens is 438 g/mol. The quantitative estimate of drug-likeness (QED) is 0.600. The molecule has 1 amide bonds. The third-order valence-corrected chi connectivity index (χ3v) is 6.88. The van der Waals surface area contributed by atoms with Gasteiger partial charge in [-0.25, -0.2) is 8.78 Å². The summed E-state index contributed by atoms with van der Waals surface area (Å²) < 4.78 is 27.6. The molecule has 2 aliphatic heterocycles. The number of amides is 1. The lowest BCUT2D eigenvalue weighted by atomic mass is 10.0. The van der Waals surface area contributed by atoms with E-state index in [1.807, 2.05) is 31.0 Å². The third kappa shape index (κ3) is 4.15. The number of carbonyl (C=O) groups excluding carboxylic acids is 1. The number of fused-ring (bicyclic) bond motifs is 2.